The van der Waals surface area contributed by atoms with Crippen molar-refractivity contribution in [1.82, 2.24) is 9.80 Å². The highest BCUT2D eigenvalue weighted by Gasteiger charge is 2.26. The van der Waals surface area contributed by atoms with Crippen LogP contribution in [-0.4, -0.2) is 59.6 Å². The molecule has 2 amide bonds. The number of likely N-dealkylation sites (N-methyl/N-ethyl adjacent to an activating group) is 1. The Morgan fingerprint density at radius 3 is 2.71 bits per heavy atom. The fourth-order valence-electron chi connectivity index (χ4n) is 2.43. The lowest BCUT2D eigenvalue weighted by Crippen LogP contribution is -2.54. The van der Waals surface area contributed by atoms with Gasteiger partial charge in [0.1, 0.15) is 5.82 Å². The number of hydrogen-bond acceptors (Lipinski definition) is 3. The second-order valence-electron chi connectivity index (χ2n) is 5.23. The summed E-state index contributed by atoms with van der Waals surface area (Å²) in [6.45, 7) is 3.94. The van der Waals surface area contributed by atoms with E-state index in [1.165, 1.54) is 0 Å². The maximum absolute atomic E-state index is 13.3. The first-order valence-electron chi connectivity index (χ1n) is 6.67. The third-order valence-corrected chi connectivity index (χ3v) is 3.55. The first kappa shape index (κ1) is 15.2. The summed E-state index contributed by atoms with van der Waals surface area (Å²) in [5.41, 5.74) is -0.162. The van der Waals surface area contributed by atoms with Crippen molar-refractivity contribution in [2.75, 3.05) is 32.0 Å². The Morgan fingerprint density at radius 2 is 2.10 bits per heavy atom. The number of amides is 2. The molecule has 1 unspecified atom stereocenters. The molecule has 1 fully saturated rings. The Bertz CT molecular complexity index is 564. The lowest BCUT2D eigenvalue weighted by atomic mass is 10.1. The van der Waals surface area contributed by atoms with Crippen molar-refractivity contribution in [3.63, 3.8) is 0 Å². The normalized spacial score (nSPS) is 19.4. The third kappa shape index (κ3) is 3.49. The summed E-state index contributed by atoms with van der Waals surface area (Å²) in [4.78, 5) is 27.1. The van der Waals surface area contributed by atoms with Gasteiger partial charge in [0.05, 0.1) is 11.3 Å². The SMILES string of the molecule is CC1CN(C)CCN1C(=O)Nc1cc(F)ccc1C(=O)O. The van der Waals surface area contributed by atoms with E-state index in [0.717, 1.165) is 31.3 Å². The lowest BCUT2D eigenvalue weighted by molar-refractivity contribution is 0.0698. The topological polar surface area (TPSA) is 72.9 Å². The summed E-state index contributed by atoms with van der Waals surface area (Å²) in [5.74, 6) is -1.81. The average molecular weight is 295 g/mol. The molecule has 7 heteroatoms. The Balaban J connectivity index is 2.16. The molecule has 0 aromatic heterocycles. The first-order chi connectivity index (χ1) is 9.88. The number of benzene rings is 1. The quantitative estimate of drug-likeness (QED) is 0.871. The molecular weight excluding hydrogens is 277 g/mol. The summed E-state index contributed by atoms with van der Waals surface area (Å²) in [7, 11) is 1.97. The van der Waals surface area contributed by atoms with Gasteiger partial charge in [0, 0.05) is 25.7 Å². The summed E-state index contributed by atoms with van der Waals surface area (Å²) in [6.07, 6.45) is 0. The van der Waals surface area contributed by atoms with Gasteiger partial charge in [0.25, 0.3) is 0 Å². The fourth-order valence-corrected chi connectivity index (χ4v) is 2.43. The highest BCUT2D eigenvalue weighted by molar-refractivity contribution is 6.00. The van der Waals surface area contributed by atoms with Crippen molar-refractivity contribution < 1.29 is 19.1 Å². The highest BCUT2D eigenvalue weighted by Crippen LogP contribution is 2.19. The number of nitrogens with one attached hydrogen (secondary N) is 1. The minimum atomic E-state index is -1.21. The van der Waals surface area contributed by atoms with Gasteiger partial charge in [0.15, 0.2) is 0 Å². The predicted molar refractivity (Wildman–Crippen MR) is 76.0 cm³/mol. The van der Waals surface area contributed by atoms with Crippen LogP contribution in [-0.2, 0) is 0 Å². The number of hydrogen-bond donors (Lipinski definition) is 2. The van der Waals surface area contributed by atoms with Crippen molar-refractivity contribution in [3.05, 3.63) is 29.6 Å². The lowest BCUT2D eigenvalue weighted by Gasteiger charge is -2.38. The van der Waals surface area contributed by atoms with E-state index in [0.29, 0.717) is 6.54 Å². The molecule has 1 aliphatic rings. The smallest absolute Gasteiger partial charge is 0.337 e. The molecule has 0 aliphatic carbocycles. The van der Waals surface area contributed by atoms with E-state index in [2.05, 4.69) is 10.2 Å². The van der Waals surface area contributed by atoms with Gasteiger partial charge in [-0.1, -0.05) is 0 Å². The molecule has 0 saturated carbocycles. The van der Waals surface area contributed by atoms with Crippen LogP contribution in [0.1, 0.15) is 17.3 Å². The van der Waals surface area contributed by atoms with Crippen LogP contribution in [0.4, 0.5) is 14.9 Å². The maximum atomic E-state index is 13.3. The molecule has 2 rings (SSSR count). The van der Waals surface area contributed by atoms with Crippen LogP contribution >= 0.6 is 0 Å². The van der Waals surface area contributed by atoms with Crippen molar-refractivity contribution in [2.24, 2.45) is 0 Å². The standard InChI is InChI=1S/C14H18FN3O3/c1-9-8-17(2)5-6-18(9)14(21)16-12-7-10(15)3-4-11(12)13(19)20/h3-4,7,9H,5-6,8H2,1-2H3,(H,16,21)(H,19,20). The van der Waals surface area contributed by atoms with Crippen molar-refractivity contribution in [2.45, 2.75) is 13.0 Å². The van der Waals surface area contributed by atoms with E-state index in [9.17, 15) is 14.0 Å². The molecule has 1 aromatic carbocycles. The molecule has 0 bridgehead atoms. The molecule has 1 atom stereocenters. The number of urea groups is 1. The summed E-state index contributed by atoms with van der Waals surface area (Å²) >= 11 is 0. The van der Waals surface area contributed by atoms with Crippen LogP contribution in [0.5, 0.6) is 0 Å². The average Bonchev–Trinajstić information content (AvgIpc) is 2.37. The molecular formula is C14H18FN3O3. The zero-order valence-corrected chi connectivity index (χ0v) is 12.0. The molecule has 1 heterocycles. The number of nitrogens with zero attached hydrogens (tertiary/aromatic N) is 2. The molecule has 114 valence electrons. The first-order valence-corrected chi connectivity index (χ1v) is 6.67. The zero-order valence-electron chi connectivity index (χ0n) is 12.0. The Labute approximate surface area is 122 Å². The van der Waals surface area contributed by atoms with Crippen LogP contribution in [0.2, 0.25) is 0 Å². The van der Waals surface area contributed by atoms with E-state index in [4.69, 9.17) is 5.11 Å². The van der Waals surface area contributed by atoms with Gasteiger partial charge < -0.3 is 20.2 Å². The zero-order chi connectivity index (χ0) is 15.6. The van der Waals surface area contributed by atoms with Crippen LogP contribution in [0.3, 0.4) is 0 Å². The van der Waals surface area contributed by atoms with Gasteiger partial charge >= 0.3 is 12.0 Å². The second-order valence-corrected chi connectivity index (χ2v) is 5.23. The van der Waals surface area contributed by atoms with Crippen molar-refractivity contribution >= 4 is 17.7 Å². The number of carboxylic acids is 1. The van der Waals surface area contributed by atoms with Gasteiger partial charge in [-0.05, 0) is 32.2 Å². The number of carbonyl (C=O) groups excluding carboxylic acids is 1. The Hall–Kier alpha value is -2.15. The van der Waals surface area contributed by atoms with Crippen LogP contribution in [0.25, 0.3) is 0 Å². The maximum Gasteiger partial charge on any atom is 0.337 e. The molecule has 2 N–H and O–H groups in total. The Morgan fingerprint density at radius 1 is 1.38 bits per heavy atom. The van der Waals surface area contributed by atoms with Crippen molar-refractivity contribution in [3.8, 4) is 0 Å². The molecule has 21 heavy (non-hydrogen) atoms. The molecule has 1 saturated heterocycles. The number of rotatable bonds is 2. The van der Waals surface area contributed by atoms with E-state index in [1.54, 1.807) is 4.90 Å². The Kier molecular flexibility index (Phi) is 4.42. The monoisotopic (exact) mass is 295 g/mol. The van der Waals surface area contributed by atoms with E-state index >= 15 is 0 Å². The van der Waals surface area contributed by atoms with Gasteiger partial charge in [-0.25, -0.2) is 14.0 Å². The van der Waals surface area contributed by atoms with Crippen LogP contribution < -0.4 is 5.32 Å². The van der Waals surface area contributed by atoms with Crippen LogP contribution in [0.15, 0.2) is 18.2 Å². The van der Waals surface area contributed by atoms with E-state index < -0.39 is 17.8 Å². The summed E-state index contributed by atoms with van der Waals surface area (Å²) in [6, 6.07) is 2.80. The number of carboxylic acid groups (broad SMARTS) is 1. The van der Waals surface area contributed by atoms with E-state index in [-0.39, 0.29) is 17.3 Å². The number of piperazine rings is 1. The molecule has 0 spiro atoms. The fraction of sp³-hybridized carbons (Fsp3) is 0.429. The molecule has 1 aromatic rings. The number of carbonyl (C=O) groups is 2. The van der Waals surface area contributed by atoms with Gasteiger partial charge in [0.2, 0.25) is 0 Å². The minimum absolute atomic E-state index is 0.00517. The number of halogens is 1. The van der Waals surface area contributed by atoms with Gasteiger partial charge in [-0.3, -0.25) is 0 Å². The number of aromatic carboxylic acids is 1. The highest BCUT2D eigenvalue weighted by atomic mass is 19.1. The van der Waals surface area contributed by atoms with Crippen molar-refractivity contribution in [1.29, 1.82) is 0 Å². The predicted octanol–water partition coefficient (Wildman–Crippen LogP) is 1.69. The number of anilines is 1. The van der Waals surface area contributed by atoms with E-state index in [1.807, 2.05) is 14.0 Å². The molecule has 0 radical (unpaired) electrons. The summed E-state index contributed by atoms with van der Waals surface area (Å²) in [5, 5.41) is 11.6. The molecule has 6 nitrogen and oxygen atoms in total. The third-order valence-electron chi connectivity index (χ3n) is 3.55. The van der Waals surface area contributed by atoms with Gasteiger partial charge in [-0.15, -0.1) is 0 Å². The minimum Gasteiger partial charge on any atom is -0.478 e. The second kappa shape index (κ2) is 6.09. The summed E-state index contributed by atoms with van der Waals surface area (Å²) < 4.78 is 13.3. The van der Waals surface area contributed by atoms with Crippen LogP contribution in [0, 0.1) is 5.82 Å². The largest absolute Gasteiger partial charge is 0.478 e. The van der Waals surface area contributed by atoms with Gasteiger partial charge in [-0.2, -0.15) is 0 Å². The molecule has 1 aliphatic heterocycles.